The molecule has 1 aromatic carbocycles. The number of thiophene rings is 2. The molecule has 1 aliphatic heterocycles. The fraction of sp³-hybridized carbons (Fsp3) is 0.125. The lowest BCUT2D eigenvalue weighted by Crippen LogP contribution is -2.39. The number of nitrogens with zero attached hydrogens (tertiary/aromatic N) is 2. The van der Waals surface area contributed by atoms with E-state index < -0.39 is 12.0 Å². The average Bonchev–Trinajstić information content (AvgIpc) is 3.55. The van der Waals surface area contributed by atoms with E-state index in [4.69, 9.17) is 4.74 Å². The summed E-state index contributed by atoms with van der Waals surface area (Å²) >= 11 is 4.42. The van der Waals surface area contributed by atoms with Crippen LogP contribution in [0.2, 0.25) is 0 Å². The van der Waals surface area contributed by atoms with Gasteiger partial charge >= 0.3 is 5.97 Å². The summed E-state index contributed by atoms with van der Waals surface area (Å²) in [5.41, 5.74) is 1.73. The molecule has 1 atom stereocenters. The zero-order valence-electron chi connectivity index (χ0n) is 17.1. The third-order valence-electron chi connectivity index (χ3n) is 5.08. The van der Waals surface area contributed by atoms with E-state index in [1.807, 2.05) is 71.4 Å². The van der Waals surface area contributed by atoms with Crippen molar-refractivity contribution < 1.29 is 9.53 Å². The summed E-state index contributed by atoms with van der Waals surface area (Å²) in [6.07, 6.45) is 1.88. The highest BCUT2D eigenvalue weighted by molar-refractivity contribution is 7.11. The molecule has 1 aliphatic rings. The van der Waals surface area contributed by atoms with E-state index in [0.717, 1.165) is 15.3 Å². The SMILES string of the molecule is CC1=C(C(=O)OCc2ccccc2)C(c2cccs2)n2c(sc(=Cc3cccs3)c2=O)=N1. The predicted octanol–water partition coefficient (Wildman–Crippen LogP) is 4.10. The molecule has 4 heterocycles. The van der Waals surface area contributed by atoms with Crippen molar-refractivity contribution in [1.82, 2.24) is 4.57 Å². The van der Waals surface area contributed by atoms with Gasteiger partial charge in [0, 0.05) is 9.75 Å². The van der Waals surface area contributed by atoms with Crippen LogP contribution in [0.1, 0.15) is 28.3 Å². The summed E-state index contributed by atoms with van der Waals surface area (Å²) in [5.74, 6) is -0.457. The second-order valence-corrected chi connectivity index (χ2v) is 10.1. The maximum absolute atomic E-state index is 13.4. The summed E-state index contributed by atoms with van der Waals surface area (Å²) in [6, 6.07) is 16.8. The lowest BCUT2D eigenvalue weighted by molar-refractivity contribution is -0.140. The zero-order valence-corrected chi connectivity index (χ0v) is 19.5. The van der Waals surface area contributed by atoms with E-state index in [2.05, 4.69) is 4.99 Å². The molecule has 0 saturated carbocycles. The van der Waals surface area contributed by atoms with Gasteiger partial charge in [-0.3, -0.25) is 9.36 Å². The first-order valence-corrected chi connectivity index (χ1v) is 12.5. The molecule has 4 aromatic rings. The van der Waals surface area contributed by atoms with E-state index in [1.165, 1.54) is 22.7 Å². The first kappa shape index (κ1) is 20.8. The van der Waals surface area contributed by atoms with Crippen LogP contribution in [0, 0.1) is 0 Å². The Labute approximate surface area is 195 Å². The van der Waals surface area contributed by atoms with Gasteiger partial charge in [0.15, 0.2) is 4.80 Å². The molecule has 8 heteroatoms. The van der Waals surface area contributed by atoms with Crippen molar-refractivity contribution in [2.24, 2.45) is 4.99 Å². The van der Waals surface area contributed by atoms with Crippen molar-refractivity contribution in [2.45, 2.75) is 19.6 Å². The summed E-state index contributed by atoms with van der Waals surface area (Å²) < 4.78 is 7.87. The Hall–Kier alpha value is -3.07. The maximum Gasteiger partial charge on any atom is 0.338 e. The number of carbonyl (C=O) groups excluding carboxylic acids is 1. The minimum Gasteiger partial charge on any atom is -0.457 e. The number of ether oxygens (including phenoxy) is 1. The van der Waals surface area contributed by atoms with Crippen LogP contribution in [0.3, 0.4) is 0 Å². The number of rotatable bonds is 5. The van der Waals surface area contributed by atoms with Gasteiger partial charge in [0.05, 0.1) is 15.8 Å². The third-order valence-corrected chi connectivity index (χ3v) is 7.81. The molecule has 1 unspecified atom stereocenters. The van der Waals surface area contributed by atoms with E-state index in [0.29, 0.717) is 20.6 Å². The molecular formula is C24H18N2O3S3. The van der Waals surface area contributed by atoms with Crippen LogP contribution in [0.4, 0.5) is 0 Å². The van der Waals surface area contributed by atoms with Crippen molar-refractivity contribution >= 4 is 46.1 Å². The molecule has 32 heavy (non-hydrogen) atoms. The molecule has 0 radical (unpaired) electrons. The largest absolute Gasteiger partial charge is 0.457 e. The number of hydrogen-bond acceptors (Lipinski definition) is 7. The molecule has 5 nitrogen and oxygen atoms in total. The minimum absolute atomic E-state index is 0.151. The van der Waals surface area contributed by atoms with Crippen molar-refractivity contribution in [3.63, 3.8) is 0 Å². The highest BCUT2D eigenvalue weighted by atomic mass is 32.1. The topological polar surface area (TPSA) is 60.7 Å². The number of esters is 1. The van der Waals surface area contributed by atoms with Gasteiger partial charge < -0.3 is 4.74 Å². The lowest BCUT2D eigenvalue weighted by Gasteiger charge is -2.23. The quantitative estimate of drug-likeness (QED) is 0.406. The minimum atomic E-state index is -0.556. The summed E-state index contributed by atoms with van der Waals surface area (Å²) in [4.78, 5) is 33.7. The van der Waals surface area contributed by atoms with Gasteiger partial charge in [-0.2, -0.15) is 0 Å². The van der Waals surface area contributed by atoms with Crippen LogP contribution in [-0.4, -0.2) is 10.5 Å². The molecule has 0 amide bonds. The average molecular weight is 479 g/mol. The highest BCUT2D eigenvalue weighted by Crippen LogP contribution is 2.33. The van der Waals surface area contributed by atoms with Crippen molar-refractivity contribution in [1.29, 1.82) is 0 Å². The number of allylic oxidation sites excluding steroid dienone is 1. The van der Waals surface area contributed by atoms with Crippen LogP contribution in [-0.2, 0) is 16.1 Å². The van der Waals surface area contributed by atoms with Gasteiger partial charge in [0.2, 0.25) is 0 Å². The first-order chi connectivity index (χ1) is 15.6. The van der Waals surface area contributed by atoms with Crippen LogP contribution in [0.15, 0.2) is 86.4 Å². The molecule has 160 valence electrons. The molecular weight excluding hydrogens is 460 g/mol. The normalized spacial score (nSPS) is 16.0. The molecule has 3 aromatic heterocycles. The van der Waals surface area contributed by atoms with Gasteiger partial charge in [-0.05, 0) is 41.5 Å². The fourth-order valence-corrected chi connectivity index (χ4v) is 6.20. The van der Waals surface area contributed by atoms with E-state index in [9.17, 15) is 9.59 Å². The highest BCUT2D eigenvalue weighted by Gasteiger charge is 2.34. The Morgan fingerprint density at radius 2 is 1.88 bits per heavy atom. The van der Waals surface area contributed by atoms with Gasteiger partial charge in [0.1, 0.15) is 12.6 Å². The monoisotopic (exact) mass is 478 g/mol. The third kappa shape index (κ3) is 3.92. The summed E-state index contributed by atoms with van der Waals surface area (Å²) in [6.45, 7) is 1.96. The Bertz CT molecular complexity index is 1460. The molecule has 5 rings (SSSR count). The standard InChI is InChI=1S/C24H18N2O3S3/c1-15-20(23(28)29-14-16-7-3-2-4-8-16)21(18-10-6-12-31-18)26-22(27)19(32-24(26)25-15)13-17-9-5-11-30-17/h2-13,21H,14H2,1H3. The predicted molar refractivity (Wildman–Crippen MR) is 129 cm³/mol. The van der Waals surface area contributed by atoms with Crippen LogP contribution in [0.5, 0.6) is 0 Å². The van der Waals surface area contributed by atoms with Crippen molar-refractivity contribution in [3.05, 3.63) is 112 Å². The number of aromatic nitrogens is 1. The number of thiazole rings is 1. The molecule has 0 spiro atoms. The molecule has 0 aliphatic carbocycles. The van der Waals surface area contributed by atoms with Crippen LogP contribution < -0.4 is 14.9 Å². The van der Waals surface area contributed by atoms with Crippen molar-refractivity contribution in [2.75, 3.05) is 0 Å². The van der Waals surface area contributed by atoms with E-state index in [-0.39, 0.29) is 12.2 Å². The number of hydrogen-bond donors (Lipinski definition) is 0. The van der Waals surface area contributed by atoms with E-state index >= 15 is 0 Å². The van der Waals surface area contributed by atoms with Gasteiger partial charge in [-0.1, -0.05) is 53.8 Å². The smallest absolute Gasteiger partial charge is 0.338 e. The Morgan fingerprint density at radius 3 is 2.59 bits per heavy atom. The Balaban J connectivity index is 1.59. The number of carbonyl (C=O) groups is 1. The molecule has 0 fully saturated rings. The van der Waals surface area contributed by atoms with Crippen molar-refractivity contribution in [3.8, 4) is 0 Å². The number of fused-ring (bicyclic) bond motifs is 1. The fourth-order valence-electron chi connectivity index (χ4n) is 3.60. The maximum atomic E-state index is 13.4. The van der Waals surface area contributed by atoms with Crippen LogP contribution in [0.25, 0.3) is 6.08 Å². The molecule has 0 bridgehead atoms. The summed E-state index contributed by atoms with van der Waals surface area (Å²) in [5, 5.41) is 3.92. The molecule has 0 saturated heterocycles. The van der Waals surface area contributed by atoms with Crippen LogP contribution >= 0.6 is 34.0 Å². The number of benzene rings is 1. The zero-order chi connectivity index (χ0) is 22.1. The Morgan fingerprint density at radius 1 is 1.09 bits per heavy atom. The van der Waals surface area contributed by atoms with E-state index in [1.54, 1.807) is 22.8 Å². The second kappa shape index (κ2) is 8.82. The van der Waals surface area contributed by atoms with Gasteiger partial charge in [-0.25, -0.2) is 9.79 Å². The Kier molecular flexibility index (Phi) is 5.73. The lowest BCUT2D eigenvalue weighted by atomic mass is 10.0. The summed E-state index contributed by atoms with van der Waals surface area (Å²) in [7, 11) is 0. The van der Waals surface area contributed by atoms with Gasteiger partial charge in [0.25, 0.3) is 5.56 Å². The van der Waals surface area contributed by atoms with Gasteiger partial charge in [-0.15, -0.1) is 22.7 Å². The molecule has 0 N–H and O–H groups in total. The second-order valence-electron chi connectivity index (χ2n) is 7.17. The first-order valence-electron chi connectivity index (χ1n) is 9.92.